The Bertz CT molecular complexity index is 1190. The Morgan fingerprint density at radius 2 is 1.65 bits per heavy atom. The maximum Gasteiger partial charge on any atom is 0.281 e. The summed E-state index contributed by atoms with van der Waals surface area (Å²) in [7, 11) is -3.87. The monoisotopic (exact) mass is 326 g/mol. The minimum Gasteiger partial charge on any atom is -0.267 e. The van der Waals surface area contributed by atoms with E-state index in [-0.39, 0.29) is 15.6 Å². The van der Waals surface area contributed by atoms with Gasteiger partial charge in [0, 0.05) is 0 Å². The van der Waals surface area contributed by atoms with Crippen LogP contribution in [-0.2, 0) is 9.84 Å². The maximum absolute atomic E-state index is 12.7. The van der Waals surface area contributed by atoms with Gasteiger partial charge in [0.1, 0.15) is 0 Å². The summed E-state index contributed by atoms with van der Waals surface area (Å²) in [6.07, 6.45) is 0. The third-order valence-corrected chi connectivity index (χ3v) is 5.22. The Kier molecular flexibility index (Phi) is 2.82. The number of para-hydroxylation sites is 1. The predicted molar refractivity (Wildman–Crippen MR) is 83.0 cm³/mol. The summed E-state index contributed by atoms with van der Waals surface area (Å²) in [6.45, 7) is 0. The second-order valence-electron chi connectivity index (χ2n) is 4.93. The molecular formula is C15H10N4O3S. The van der Waals surface area contributed by atoms with Gasteiger partial charge in [-0.25, -0.2) is 18.1 Å². The SMILES string of the molecule is O=c1nc2c(S(=O)(=O)c3ccccc3)n[nH]n2c2ccccc12. The van der Waals surface area contributed by atoms with E-state index in [0.29, 0.717) is 10.9 Å². The molecule has 1 N–H and O–H groups in total. The van der Waals surface area contributed by atoms with Gasteiger partial charge in [0.2, 0.25) is 14.9 Å². The van der Waals surface area contributed by atoms with Crippen LogP contribution in [0.15, 0.2) is 69.3 Å². The molecule has 0 aliphatic rings. The highest BCUT2D eigenvalue weighted by Gasteiger charge is 2.25. The Morgan fingerprint density at radius 3 is 2.43 bits per heavy atom. The number of hydrogen-bond donors (Lipinski definition) is 1. The zero-order chi connectivity index (χ0) is 16.0. The molecule has 0 unspecified atom stereocenters. The highest BCUT2D eigenvalue weighted by atomic mass is 32.2. The molecule has 0 fully saturated rings. The van der Waals surface area contributed by atoms with E-state index in [1.807, 2.05) is 0 Å². The van der Waals surface area contributed by atoms with Gasteiger partial charge in [-0.3, -0.25) is 4.79 Å². The standard InChI is InChI=1S/C15H10N4O3S/c20-14-11-8-4-5-9-12(11)19-13(16-14)15(17-18-19)23(21,22)10-6-2-1-3-7-10/h1-9,18H. The van der Waals surface area contributed by atoms with Gasteiger partial charge in [0.25, 0.3) is 5.56 Å². The van der Waals surface area contributed by atoms with Crippen molar-refractivity contribution in [1.29, 1.82) is 0 Å². The molecule has 0 atom stereocenters. The first-order chi connectivity index (χ1) is 11.1. The Balaban J connectivity index is 2.09. The van der Waals surface area contributed by atoms with Crippen molar-refractivity contribution in [3.63, 3.8) is 0 Å². The fraction of sp³-hybridized carbons (Fsp3) is 0. The lowest BCUT2D eigenvalue weighted by molar-refractivity contribution is 0.592. The minimum absolute atomic E-state index is 0.0162. The van der Waals surface area contributed by atoms with Crippen molar-refractivity contribution in [2.45, 2.75) is 9.92 Å². The van der Waals surface area contributed by atoms with E-state index in [2.05, 4.69) is 15.3 Å². The number of fused-ring (bicyclic) bond motifs is 3. The third-order valence-electron chi connectivity index (χ3n) is 3.55. The summed E-state index contributed by atoms with van der Waals surface area (Å²) >= 11 is 0. The van der Waals surface area contributed by atoms with Gasteiger partial charge >= 0.3 is 0 Å². The maximum atomic E-state index is 12.7. The molecule has 0 aliphatic heterocycles. The normalized spacial score (nSPS) is 12.0. The number of rotatable bonds is 2. The van der Waals surface area contributed by atoms with Crippen molar-refractivity contribution < 1.29 is 8.42 Å². The van der Waals surface area contributed by atoms with Gasteiger partial charge in [-0.15, -0.1) is 5.10 Å². The second-order valence-corrected chi connectivity index (χ2v) is 6.79. The van der Waals surface area contributed by atoms with Crippen molar-refractivity contribution in [2.75, 3.05) is 0 Å². The zero-order valence-electron chi connectivity index (χ0n) is 11.7. The second kappa shape index (κ2) is 4.75. The van der Waals surface area contributed by atoms with E-state index < -0.39 is 15.4 Å². The number of H-pyrrole nitrogens is 1. The third kappa shape index (κ3) is 1.95. The topological polar surface area (TPSA) is 97.2 Å². The van der Waals surface area contributed by atoms with Crippen LogP contribution in [0.3, 0.4) is 0 Å². The molecular weight excluding hydrogens is 316 g/mol. The molecule has 0 spiro atoms. The van der Waals surface area contributed by atoms with E-state index in [4.69, 9.17) is 0 Å². The van der Waals surface area contributed by atoms with Crippen LogP contribution < -0.4 is 5.56 Å². The van der Waals surface area contributed by atoms with E-state index in [0.717, 1.165) is 0 Å². The molecule has 4 rings (SSSR count). The molecule has 0 bridgehead atoms. The molecule has 0 saturated heterocycles. The van der Waals surface area contributed by atoms with Crippen molar-refractivity contribution in [3.05, 3.63) is 65.0 Å². The molecule has 0 saturated carbocycles. The van der Waals surface area contributed by atoms with Gasteiger partial charge in [-0.2, -0.15) is 4.98 Å². The first kappa shape index (κ1) is 13.6. The highest BCUT2D eigenvalue weighted by Crippen LogP contribution is 2.22. The number of nitrogens with one attached hydrogen (secondary N) is 1. The van der Waals surface area contributed by atoms with Crippen LogP contribution in [0.1, 0.15) is 0 Å². The summed E-state index contributed by atoms with van der Waals surface area (Å²) in [4.78, 5) is 16.1. The fourth-order valence-electron chi connectivity index (χ4n) is 2.45. The lowest BCUT2D eigenvalue weighted by Crippen LogP contribution is -2.12. The summed E-state index contributed by atoms with van der Waals surface area (Å²) in [5, 5.41) is 6.62. The van der Waals surface area contributed by atoms with Gasteiger partial charge in [0.05, 0.1) is 15.8 Å². The largest absolute Gasteiger partial charge is 0.281 e. The number of hydrogen-bond acceptors (Lipinski definition) is 5. The smallest absolute Gasteiger partial charge is 0.267 e. The van der Waals surface area contributed by atoms with Crippen LogP contribution in [0, 0.1) is 0 Å². The highest BCUT2D eigenvalue weighted by molar-refractivity contribution is 7.91. The average Bonchev–Trinajstić information content (AvgIpc) is 3.00. The van der Waals surface area contributed by atoms with Crippen molar-refractivity contribution in [1.82, 2.24) is 19.8 Å². The molecule has 2 heterocycles. The first-order valence-corrected chi connectivity index (χ1v) is 8.23. The molecule has 7 nitrogen and oxygen atoms in total. The number of aromatic nitrogens is 4. The van der Waals surface area contributed by atoms with Crippen LogP contribution in [0.25, 0.3) is 16.6 Å². The molecule has 4 aromatic rings. The van der Waals surface area contributed by atoms with Gasteiger partial charge in [-0.1, -0.05) is 30.3 Å². The number of sulfone groups is 1. The molecule has 23 heavy (non-hydrogen) atoms. The number of nitrogens with zero attached hydrogens (tertiary/aromatic N) is 3. The Morgan fingerprint density at radius 1 is 0.957 bits per heavy atom. The number of aromatic amines is 1. The molecule has 2 aromatic carbocycles. The van der Waals surface area contributed by atoms with Crippen molar-refractivity contribution in [3.8, 4) is 0 Å². The summed E-state index contributed by atoms with van der Waals surface area (Å²) in [6, 6.07) is 14.7. The quantitative estimate of drug-likeness (QED) is 0.600. The van der Waals surface area contributed by atoms with Gasteiger partial charge < -0.3 is 0 Å². The molecule has 114 valence electrons. The Labute approximate surface area is 130 Å². The van der Waals surface area contributed by atoms with Gasteiger partial charge in [-0.05, 0) is 24.3 Å². The summed E-state index contributed by atoms with van der Waals surface area (Å²) < 4.78 is 26.8. The van der Waals surface area contributed by atoms with Crippen LogP contribution >= 0.6 is 0 Å². The zero-order valence-corrected chi connectivity index (χ0v) is 12.5. The molecule has 0 aliphatic carbocycles. The van der Waals surface area contributed by atoms with Gasteiger partial charge in [0.15, 0.2) is 5.65 Å². The number of benzene rings is 2. The fourth-order valence-corrected chi connectivity index (χ4v) is 3.73. The Hall–Kier alpha value is -3.00. The van der Waals surface area contributed by atoms with E-state index in [1.54, 1.807) is 42.5 Å². The lowest BCUT2D eigenvalue weighted by Gasteiger charge is -2.02. The van der Waals surface area contributed by atoms with Crippen LogP contribution in [0.4, 0.5) is 0 Å². The van der Waals surface area contributed by atoms with Crippen molar-refractivity contribution in [2.24, 2.45) is 0 Å². The molecule has 8 heteroatoms. The van der Waals surface area contributed by atoms with Crippen LogP contribution in [-0.4, -0.2) is 28.2 Å². The van der Waals surface area contributed by atoms with E-state index in [9.17, 15) is 13.2 Å². The predicted octanol–water partition coefficient (Wildman–Crippen LogP) is 1.40. The lowest BCUT2D eigenvalue weighted by atomic mass is 10.2. The van der Waals surface area contributed by atoms with Crippen LogP contribution in [0.5, 0.6) is 0 Å². The first-order valence-electron chi connectivity index (χ1n) is 6.75. The molecule has 0 radical (unpaired) electrons. The van der Waals surface area contributed by atoms with E-state index in [1.165, 1.54) is 16.6 Å². The van der Waals surface area contributed by atoms with E-state index >= 15 is 0 Å². The summed E-state index contributed by atoms with van der Waals surface area (Å²) in [5.74, 6) is 0. The van der Waals surface area contributed by atoms with Crippen molar-refractivity contribution >= 4 is 26.4 Å². The van der Waals surface area contributed by atoms with Crippen LogP contribution in [0.2, 0.25) is 0 Å². The summed E-state index contributed by atoms with van der Waals surface area (Å²) in [5.41, 5.74) is 0.00794. The average molecular weight is 326 g/mol. The minimum atomic E-state index is -3.87. The molecule has 2 aromatic heterocycles. The molecule has 0 amide bonds.